The lowest BCUT2D eigenvalue weighted by molar-refractivity contribution is 0.329. The average molecular weight is 622 g/mol. The molecule has 1 aliphatic rings. The maximum absolute atomic E-state index is 13.2. The summed E-state index contributed by atoms with van der Waals surface area (Å²) in [6, 6.07) is 28.8. The SMILES string of the molecule is COc1ccc(S(=O)(=O)N2CCC(Nc3n[nH]c4ccc(C(c5ccc(Cl)cc5)c5ccc(Cl)cc5)cc34)CC2)cc1. The zero-order chi connectivity index (χ0) is 29.3. The van der Waals surface area contributed by atoms with E-state index in [0.717, 1.165) is 33.4 Å². The number of H-pyrrole nitrogens is 1. The van der Waals surface area contributed by atoms with Crippen molar-refractivity contribution in [2.75, 3.05) is 25.5 Å². The molecule has 2 heterocycles. The summed E-state index contributed by atoms with van der Waals surface area (Å²) in [6.07, 6.45) is 1.34. The van der Waals surface area contributed by atoms with Crippen molar-refractivity contribution in [1.29, 1.82) is 0 Å². The van der Waals surface area contributed by atoms with Gasteiger partial charge < -0.3 is 10.1 Å². The first-order valence-electron chi connectivity index (χ1n) is 13.7. The summed E-state index contributed by atoms with van der Waals surface area (Å²) in [5.41, 5.74) is 4.26. The Labute approximate surface area is 255 Å². The molecule has 0 atom stereocenters. The van der Waals surface area contributed by atoms with E-state index in [1.165, 1.54) is 0 Å². The van der Waals surface area contributed by atoms with Gasteiger partial charge in [-0.05, 0) is 90.2 Å². The van der Waals surface area contributed by atoms with Crippen LogP contribution >= 0.6 is 23.2 Å². The zero-order valence-corrected chi connectivity index (χ0v) is 25.3. The number of piperidine rings is 1. The molecule has 1 aromatic heterocycles. The van der Waals surface area contributed by atoms with Gasteiger partial charge in [0.1, 0.15) is 5.75 Å². The van der Waals surface area contributed by atoms with Crippen molar-refractivity contribution in [2.24, 2.45) is 0 Å². The van der Waals surface area contributed by atoms with Crippen LogP contribution in [0.15, 0.2) is 95.9 Å². The largest absolute Gasteiger partial charge is 0.497 e. The quantitative estimate of drug-likeness (QED) is 0.177. The molecule has 1 aliphatic heterocycles. The minimum absolute atomic E-state index is 0.0296. The molecule has 2 N–H and O–H groups in total. The van der Waals surface area contributed by atoms with E-state index in [9.17, 15) is 8.42 Å². The van der Waals surface area contributed by atoms with Gasteiger partial charge in [-0.25, -0.2) is 8.42 Å². The van der Waals surface area contributed by atoms with E-state index in [4.69, 9.17) is 27.9 Å². The van der Waals surface area contributed by atoms with Gasteiger partial charge in [0.2, 0.25) is 10.0 Å². The first-order valence-corrected chi connectivity index (χ1v) is 15.9. The molecule has 5 aromatic rings. The second kappa shape index (κ2) is 12.0. The standard InChI is InChI=1S/C32H30Cl2N4O3S/c1-41-27-11-13-28(14-12-27)42(39,40)38-18-16-26(17-19-38)35-32-29-20-23(6-15-30(29)36-37-32)31(21-2-7-24(33)8-3-21)22-4-9-25(34)10-5-22/h2-15,20,26,31H,16-19H2,1H3,(H2,35,36,37). The average Bonchev–Trinajstić information content (AvgIpc) is 3.41. The summed E-state index contributed by atoms with van der Waals surface area (Å²) < 4.78 is 33.1. The van der Waals surface area contributed by atoms with Crippen molar-refractivity contribution < 1.29 is 13.2 Å². The number of benzene rings is 4. The number of hydrogen-bond acceptors (Lipinski definition) is 5. The monoisotopic (exact) mass is 620 g/mol. The van der Waals surface area contributed by atoms with Crippen molar-refractivity contribution in [1.82, 2.24) is 14.5 Å². The van der Waals surface area contributed by atoms with Crippen LogP contribution in [0.3, 0.4) is 0 Å². The molecule has 6 rings (SSSR count). The molecular weight excluding hydrogens is 591 g/mol. The fourth-order valence-corrected chi connectivity index (χ4v) is 7.26. The van der Waals surface area contributed by atoms with Crippen molar-refractivity contribution in [3.05, 3.63) is 118 Å². The van der Waals surface area contributed by atoms with Crippen LogP contribution in [-0.4, -0.2) is 49.2 Å². The number of hydrogen-bond donors (Lipinski definition) is 2. The van der Waals surface area contributed by atoms with Crippen LogP contribution in [-0.2, 0) is 10.0 Å². The minimum atomic E-state index is -3.57. The number of sulfonamides is 1. The van der Waals surface area contributed by atoms with Crippen LogP contribution in [0.25, 0.3) is 10.9 Å². The number of anilines is 1. The molecule has 0 radical (unpaired) electrons. The molecule has 1 saturated heterocycles. The highest BCUT2D eigenvalue weighted by molar-refractivity contribution is 7.89. The predicted molar refractivity (Wildman–Crippen MR) is 168 cm³/mol. The third-order valence-corrected chi connectivity index (χ3v) is 10.2. The molecule has 0 aliphatic carbocycles. The van der Waals surface area contributed by atoms with Crippen LogP contribution < -0.4 is 10.1 Å². The summed E-state index contributed by atoms with van der Waals surface area (Å²) in [4.78, 5) is 0.275. The Balaban J connectivity index is 1.22. The van der Waals surface area contributed by atoms with Crippen molar-refractivity contribution in [2.45, 2.75) is 29.7 Å². The van der Waals surface area contributed by atoms with Gasteiger partial charge in [-0.15, -0.1) is 0 Å². The summed E-state index contributed by atoms with van der Waals surface area (Å²) in [5.74, 6) is 1.35. The number of ether oxygens (including phenoxy) is 1. The van der Waals surface area contributed by atoms with Crippen LogP contribution in [0.1, 0.15) is 35.4 Å². The van der Waals surface area contributed by atoms with Gasteiger partial charge in [0.05, 0.1) is 17.5 Å². The van der Waals surface area contributed by atoms with Gasteiger partial charge >= 0.3 is 0 Å². The fourth-order valence-electron chi connectivity index (χ4n) is 5.54. The number of nitrogens with one attached hydrogen (secondary N) is 2. The zero-order valence-electron chi connectivity index (χ0n) is 22.9. The van der Waals surface area contributed by atoms with Gasteiger partial charge in [0.15, 0.2) is 5.82 Å². The highest BCUT2D eigenvalue weighted by atomic mass is 35.5. The highest BCUT2D eigenvalue weighted by Gasteiger charge is 2.30. The lowest BCUT2D eigenvalue weighted by atomic mass is 9.85. The molecule has 7 nitrogen and oxygen atoms in total. The van der Waals surface area contributed by atoms with Gasteiger partial charge in [0, 0.05) is 40.5 Å². The number of aromatic nitrogens is 2. The number of rotatable bonds is 8. The molecule has 0 spiro atoms. The molecule has 0 bridgehead atoms. The normalized spacial score (nSPS) is 14.9. The Hall–Kier alpha value is -3.56. The summed E-state index contributed by atoms with van der Waals surface area (Å²) >= 11 is 12.4. The van der Waals surface area contributed by atoms with E-state index < -0.39 is 10.0 Å². The van der Waals surface area contributed by atoms with Crippen molar-refractivity contribution in [3.63, 3.8) is 0 Å². The molecule has 0 unspecified atom stereocenters. The molecule has 42 heavy (non-hydrogen) atoms. The fraction of sp³-hybridized carbons (Fsp3) is 0.219. The Morgan fingerprint density at radius 2 is 1.43 bits per heavy atom. The maximum Gasteiger partial charge on any atom is 0.243 e. The maximum atomic E-state index is 13.2. The number of nitrogens with zero attached hydrogens (tertiary/aromatic N) is 2. The summed E-state index contributed by atoms with van der Waals surface area (Å²) in [5, 5.41) is 13.6. The number of fused-ring (bicyclic) bond motifs is 1. The second-order valence-electron chi connectivity index (χ2n) is 10.4. The Bertz CT molecular complexity index is 1740. The van der Waals surface area contributed by atoms with E-state index in [1.807, 2.05) is 54.6 Å². The van der Waals surface area contributed by atoms with Gasteiger partial charge in [-0.2, -0.15) is 9.40 Å². The van der Waals surface area contributed by atoms with Gasteiger partial charge in [-0.3, -0.25) is 5.10 Å². The number of aromatic amines is 1. The Morgan fingerprint density at radius 1 is 0.857 bits per heavy atom. The third kappa shape index (κ3) is 5.85. The lowest BCUT2D eigenvalue weighted by Gasteiger charge is -2.31. The van der Waals surface area contributed by atoms with Crippen LogP contribution in [0.2, 0.25) is 10.0 Å². The first kappa shape index (κ1) is 28.6. The smallest absolute Gasteiger partial charge is 0.243 e. The predicted octanol–water partition coefficient (Wildman–Crippen LogP) is 7.32. The molecule has 0 saturated carbocycles. The van der Waals surface area contributed by atoms with Gasteiger partial charge in [0.25, 0.3) is 0 Å². The molecule has 4 aromatic carbocycles. The van der Waals surface area contributed by atoms with Crippen LogP contribution in [0, 0.1) is 0 Å². The van der Waals surface area contributed by atoms with E-state index in [2.05, 4.69) is 27.6 Å². The first-order chi connectivity index (χ1) is 20.3. The number of methoxy groups -OCH3 is 1. The summed E-state index contributed by atoms with van der Waals surface area (Å²) in [6.45, 7) is 0.851. The van der Waals surface area contributed by atoms with E-state index in [-0.39, 0.29) is 16.9 Å². The lowest BCUT2D eigenvalue weighted by Crippen LogP contribution is -2.42. The second-order valence-corrected chi connectivity index (χ2v) is 13.2. The van der Waals surface area contributed by atoms with E-state index >= 15 is 0 Å². The molecule has 216 valence electrons. The van der Waals surface area contributed by atoms with Crippen molar-refractivity contribution >= 4 is 49.9 Å². The van der Waals surface area contributed by atoms with E-state index in [0.29, 0.717) is 41.7 Å². The van der Waals surface area contributed by atoms with Crippen LogP contribution in [0.4, 0.5) is 5.82 Å². The highest BCUT2D eigenvalue weighted by Crippen LogP contribution is 2.36. The topological polar surface area (TPSA) is 87.3 Å². The van der Waals surface area contributed by atoms with Crippen LogP contribution in [0.5, 0.6) is 5.75 Å². The van der Waals surface area contributed by atoms with Gasteiger partial charge in [-0.1, -0.05) is 53.5 Å². The Morgan fingerprint density at radius 3 is 2.00 bits per heavy atom. The van der Waals surface area contributed by atoms with E-state index in [1.54, 1.807) is 35.7 Å². The molecule has 10 heteroatoms. The minimum Gasteiger partial charge on any atom is -0.497 e. The molecule has 1 fully saturated rings. The third-order valence-electron chi connectivity index (χ3n) is 7.82. The number of halogens is 2. The van der Waals surface area contributed by atoms with Crippen molar-refractivity contribution in [3.8, 4) is 5.75 Å². The molecule has 0 amide bonds. The summed E-state index contributed by atoms with van der Waals surface area (Å²) in [7, 11) is -2.01. The Kier molecular flexibility index (Phi) is 8.14. The molecular formula is C32H30Cl2N4O3S.